The topological polar surface area (TPSA) is 70.1 Å². The number of nitrogen functional groups attached to an aromatic ring is 1. The normalized spacial score (nSPS) is 16.5. The molecule has 1 aliphatic heterocycles. The van der Waals surface area contributed by atoms with Gasteiger partial charge >= 0.3 is 5.97 Å². The van der Waals surface area contributed by atoms with E-state index in [0.717, 1.165) is 36.6 Å². The molecule has 0 aliphatic carbocycles. The summed E-state index contributed by atoms with van der Waals surface area (Å²) in [6, 6.07) is 0.367. The number of hydrogen-bond donors (Lipinski definition) is 1. The Bertz CT molecular complexity index is 453. The van der Waals surface area contributed by atoms with Gasteiger partial charge in [0, 0.05) is 12.5 Å². The third kappa shape index (κ3) is 2.88. The molecule has 5 nitrogen and oxygen atoms in total. The summed E-state index contributed by atoms with van der Waals surface area (Å²) in [7, 11) is 0. The number of carbonyl (C=O) groups is 1. The van der Waals surface area contributed by atoms with Crippen LogP contribution < -0.4 is 5.73 Å². The quantitative estimate of drug-likeness (QED) is 0.858. The highest BCUT2D eigenvalue weighted by Crippen LogP contribution is 2.32. The molecule has 0 bridgehead atoms. The Morgan fingerprint density at radius 3 is 2.74 bits per heavy atom. The number of anilines is 1. The van der Waals surface area contributed by atoms with Crippen LogP contribution in [0.2, 0.25) is 0 Å². The molecule has 0 spiro atoms. The maximum atomic E-state index is 11.8. The zero-order chi connectivity index (χ0) is 13.8. The van der Waals surface area contributed by atoms with Crippen LogP contribution in [0.3, 0.4) is 0 Å². The third-order valence-electron chi connectivity index (χ3n) is 3.36. The van der Waals surface area contributed by atoms with Crippen molar-refractivity contribution in [1.29, 1.82) is 0 Å². The lowest BCUT2D eigenvalue weighted by Crippen LogP contribution is -2.19. The Balaban J connectivity index is 2.33. The molecule has 2 heterocycles. The first-order valence-corrected chi connectivity index (χ1v) is 7.95. The van der Waals surface area contributed by atoms with Gasteiger partial charge in [-0.1, -0.05) is 6.92 Å². The van der Waals surface area contributed by atoms with Crippen molar-refractivity contribution >= 4 is 23.5 Å². The minimum atomic E-state index is -0.418. The lowest BCUT2D eigenvalue weighted by atomic mass is 10.1. The van der Waals surface area contributed by atoms with Crippen molar-refractivity contribution in [3.8, 4) is 0 Å². The summed E-state index contributed by atoms with van der Waals surface area (Å²) in [5.41, 5.74) is 6.41. The van der Waals surface area contributed by atoms with E-state index >= 15 is 0 Å². The molecule has 1 aliphatic rings. The minimum absolute atomic E-state index is 0.275. The lowest BCUT2D eigenvalue weighted by Gasteiger charge is -2.25. The standard InChI is InChI=1S/C13H21N3O2S/c1-3-10-15-11(13(17)18-4-2)12(14)16(10)9-5-7-19-8-6-9/h9H,3-8,14H2,1-2H3. The number of carbonyl (C=O) groups excluding carboxylic acids is 1. The molecule has 2 N–H and O–H groups in total. The van der Waals surface area contributed by atoms with Crippen LogP contribution in [-0.2, 0) is 11.2 Å². The summed E-state index contributed by atoms with van der Waals surface area (Å²) in [5, 5.41) is 0. The van der Waals surface area contributed by atoms with Crippen LogP contribution in [0.4, 0.5) is 5.82 Å². The van der Waals surface area contributed by atoms with Crippen molar-refractivity contribution in [1.82, 2.24) is 9.55 Å². The van der Waals surface area contributed by atoms with E-state index in [1.807, 2.05) is 23.3 Å². The van der Waals surface area contributed by atoms with Crippen LogP contribution in [0, 0.1) is 0 Å². The molecular weight excluding hydrogens is 262 g/mol. The minimum Gasteiger partial charge on any atom is -0.461 e. The maximum Gasteiger partial charge on any atom is 0.360 e. The Morgan fingerprint density at radius 2 is 2.16 bits per heavy atom. The van der Waals surface area contributed by atoms with Gasteiger partial charge in [-0.2, -0.15) is 11.8 Å². The smallest absolute Gasteiger partial charge is 0.360 e. The number of nitrogens with zero attached hydrogens (tertiary/aromatic N) is 2. The molecule has 0 saturated carbocycles. The summed E-state index contributed by atoms with van der Waals surface area (Å²) in [4.78, 5) is 16.2. The number of thioether (sulfide) groups is 1. The molecular formula is C13H21N3O2S. The summed E-state index contributed by atoms with van der Waals surface area (Å²) < 4.78 is 7.06. The van der Waals surface area contributed by atoms with Crippen molar-refractivity contribution in [2.75, 3.05) is 23.8 Å². The van der Waals surface area contributed by atoms with Crippen LogP contribution in [0.25, 0.3) is 0 Å². The van der Waals surface area contributed by atoms with Crippen molar-refractivity contribution in [3.05, 3.63) is 11.5 Å². The van der Waals surface area contributed by atoms with Gasteiger partial charge in [-0.05, 0) is 31.3 Å². The number of nitrogens with two attached hydrogens (primary N) is 1. The SMILES string of the molecule is CCOC(=O)c1nc(CC)n(C2CCSCC2)c1N. The zero-order valence-corrected chi connectivity index (χ0v) is 12.3. The molecule has 0 unspecified atom stereocenters. The van der Waals surface area contributed by atoms with Crippen LogP contribution in [-0.4, -0.2) is 33.6 Å². The average molecular weight is 283 g/mol. The molecule has 0 radical (unpaired) electrons. The van der Waals surface area contributed by atoms with Gasteiger partial charge in [-0.3, -0.25) is 0 Å². The molecule has 19 heavy (non-hydrogen) atoms. The molecule has 0 atom stereocenters. The summed E-state index contributed by atoms with van der Waals surface area (Å²) in [6.07, 6.45) is 2.94. The van der Waals surface area contributed by atoms with Crippen LogP contribution >= 0.6 is 11.8 Å². The van der Waals surface area contributed by atoms with E-state index in [0.29, 0.717) is 18.5 Å². The van der Waals surface area contributed by atoms with Gasteiger partial charge in [-0.15, -0.1) is 0 Å². The van der Waals surface area contributed by atoms with Gasteiger partial charge < -0.3 is 15.0 Å². The highest BCUT2D eigenvalue weighted by Gasteiger charge is 2.26. The first-order chi connectivity index (χ1) is 9.19. The van der Waals surface area contributed by atoms with Gasteiger partial charge in [0.2, 0.25) is 0 Å². The van der Waals surface area contributed by atoms with Crippen LogP contribution in [0.5, 0.6) is 0 Å². The largest absolute Gasteiger partial charge is 0.461 e. The van der Waals surface area contributed by atoms with Gasteiger partial charge in [0.25, 0.3) is 0 Å². The van der Waals surface area contributed by atoms with Crippen molar-refractivity contribution in [2.24, 2.45) is 0 Å². The first-order valence-electron chi connectivity index (χ1n) is 6.80. The highest BCUT2D eigenvalue weighted by molar-refractivity contribution is 7.99. The third-order valence-corrected chi connectivity index (χ3v) is 4.41. The molecule has 1 aromatic heterocycles. The molecule has 1 saturated heterocycles. The molecule has 0 aromatic carbocycles. The van der Waals surface area contributed by atoms with E-state index in [1.165, 1.54) is 0 Å². The maximum absolute atomic E-state index is 11.8. The van der Waals surface area contributed by atoms with E-state index in [4.69, 9.17) is 10.5 Å². The zero-order valence-electron chi connectivity index (χ0n) is 11.5. The predicted molar refractivity (Wildman–Crippen MR) is 77.6 cm³/mol. The number of esters is 1. The molecule has 1 aromatic rings. The Morgan fingerprint density at radius 1 is 1.47 bits per heavy atom. The van der Waals surface area contributed by atoms with Crippen LogP contribution in [0.15, 0.2) is 0 Å². The van der Waals surface area contributed by atoms with E-state index in [1.54, 1.807) is 6.92 Å². The van der Waals surface area contributed by atoms with Crippen molar-refractivity contribution in [2.45, 2.75) is 39.2 Å². The van der Waals surface area contributed by atoms with E-state index in [2.05, 4.69) is 4.98 Å². The fourth-order valence-corrected chi connectivity index (χ4v) is 3.52. The van der Waals surface area contributed by atoms with Gasteiger partial charge in [0.05, 0.1) is 6.61 Å². The van der Waals surface area contributed by atoms with Gasteiger partial charge in [0.1, 0.15) is 11.6 Å². The molecule has 6 heteroatoms. The second kappa shape index (κ2) is 6.32. The first kappa shape index (κ1) is 14.2. The van der Waals surface area contributed by atoms with Gasteiger partial charge in [0.15, 0.2) is 5.69 Å². The predicted octanol–water partition coefficient (Wildman–Crippen LogP) is 2.27. The van der Waals surface area contributed by atoms with E-state index in [9.17, 15) is 4.79 Å². The Hall–Kier alpha value is -1.17. The van der Waals surface area contributed by atoms with Gasteiger partial charge in [-0.25, -0.2) is 9.78 Å². The Labute approximate surface area is 117 Å². The molecule has 0 amide bonds. The number of rotatable bonds is 4. The van der Waals surface area contributed by atoms with Crippen molar-refractivity contribution < 1.29 is 9.53 Å². The monoisotopic (exact) mass is 283 g/mol. The number of aryl methyl sites for hydroxylation is 1. The second-order valence-corrected chi connectivity index (χ2v) is 5.77. The number of imidazole rings is 1. The number of ether oxygens (including phenoxy) is 1. The van der Waals surface area contributed by atoms with Crippen molar-refractivity contribution in [3.63, 3.8) is 0 Å². The molecule has 1 fully saturated rings. The fraction of sp³-hybridized carbons (Fsp3) is 0.692. The molecule has 2 rings (SSSR count). The second-order valence-electron chi connectivity index (χ2n) is 4.55. The van der Waals surface area contributed by atoms with E-state index in [-0.39, 0.29) is 5.69 Å². The average Bonchev–Trinajstić information content (AvgIpc) is 2.77. The Kier molecular flexibility index (Phi) is 4.74. The summed E-state index contributed by atoms with van der Waals surface area (Å²) >= 11 is 1.97. The summed E-state index contributed by atoms with van der Waals surface area (Å²) in [6.45, 7) is 4.15. The summed E-state index contributed by atoms with van der Waals surface area (Å²) in [5.74, 6) is 3.21. The highest BCUT2D eigenvalue weighted by atomic mass is 32.2. The number of hydrogen-bond acceptors (Lipinski definition) is 5. The lowest BCUT2D eigenvalue weighted by molar-refractivity contribution is 0.0521. The molecule has 106 valence electrons. The van der Waals surface area contributed by atoms with E-state index < -0.39 is 5.97 Å². The number of aromatic nitrogens is 2. The fourth-order valence-electron chi connectivity index (χ4n) is 2.44. The van der Waals surface area contributed by atoms with Crippen LogP contribution in [0.1, 0.15) is 49.0 Å².